The van der Waals surface area contributed by atoms with Crippen LogP contribution in [0, 0.1) is 13.8 Å². The molecular weight excluding hydrogens is 376 g/mol. The van der Waals surface area contributed by atoms with Crippen LogP contribution < -0.4 is 14.4 Å². The zero-order valence-corrected chi connectivity index (χ0v) is 18.0. The first-order valence-electron chi connectivity index (χ1n) is 9.05. The van der Waals surface area contributed by atoms with E-state index in [1.807, 2.05) is 39.0 Å². The van der Waals surface area contributed by atoms with Gasteiger partial charge in [-0.25, -0.2) is 8.42 Å². The lowest BCUT2D eigenvalue weighted by Gasteiger charge is -2.29. The molecule has 7 heteroatoms. The highest BCUT2D eigenvalue weighted by Gasteiger charge is 2.30. The third kappa shape index (κ3) is 5.04. The SMILES string of the molecule is COc1ccc(N([C@@H](C)C(=O)N[C@H](C)c2ccc(C)c(C)c2)S(C)(=O)=O)cc1. The van der Waals surface area contributed by atoms with Crippen molar-refractivity contribution in [1.29, 1.82) is 0 Å². The quantitative estimate of drug-likeness (QED) is 0.768. The van der Waals surface area contributed by atoms with Crippen LogP contribution in [0.1, 0.15) is 36.6 Å². The van der Waals surface area contributed by atoms with Crippen LogP contribution in [0.25, 0.3) is 0 Å². The van der Waals surface area contributed by atoms with Gasteiger partial charge in [-0.1, -0.05) is 18.2 Å². The number of methoxy groups -OCH3 is 1. The summed E-state index contributed by atoms with van der Waals surface area (Å²) < 4.78 is 31.0. The molecule has 0 saturated carbocycles. The van der Waals surface area contributed by atoms with E-state index in [4.69, 9.17) is 4.74 Å². The van der Waals surface area contributed by atoms with Crippen molar-refractivity contribution in [2.75, 3.05) is 17.7 Å². The highest BCUT2D eigenvalue weighted by atomic mass is 32.2. The third-order valence-corrected chi connectivity index (χ3v) is 6.05. The molecule has 0 aliphatic rings. The minimum absolute atomic E-state index is 0.244. The van der Waals surface area contributed by atoms with Gasteiger partial charge < -0.3 is 10.1 Å². The number of hydrogen-bond acceptors (Lipinski definition) is 4. The molecule has 0 saturated heterocycles. The standard InChI is InChI=1S/C21H28N2O4S/c1-14-7-8-18(13-15(14)2)16(3)22-21(24)17(4)23(28(6,25)26)19-9-11-20(27-5)12-10-19/h7-13,16-17H,1-6H3,(H,22,24)/t16-,17+/m1/s1. The topological polar surface area (TPSA) is 75.7 Å². The van der Waals surface area contributed by atoms with Gasteiger partial charge in [-0.05, 0) is 68.7 Å². The van der Waals surface area contributed by atoms with Crippen LogP contribution >= 0.6 is 0 Å². The number of amides is 1. The molecule has 0 spiro atoms. The third-order valence-electron chi connectivity index (χ3n) is 4.81. The molecule has 1 N–H and O–H groups in total. The lowest BCUT2D eigenvalue weighted by Crippen LogP contribution is -2.48. The second kappa shape index (κ2) is 8.65. The summed E-state index contributed by atoms with van der Waals surface area (Å²) in [6.07, 6.45) is 1.09. The summed E-state index contributed by atoms with van der Waals surface area (Å²) in [5.41, 5.74) is 3.70. The van der Waals surface area contributed by atoms with Crippen LogP contribution in [-0.2, 0) is 14.8 Å². The Hall–Kier alpha value is -2.54. The fourth-order valence-electron chi connectivity index (χ4n) is 2.99. The van der Waals surface area contributed by atoms with Crippen molar-refractivity contribution in [3.63, 3.8) is 0 Å². The lowest BCUT2D eigenvalue weighted by molar-refractivity contribution is -0.122. The van der Waals surface area contributed by atoms with Crippen molar-refractivity contribution in [3.8, 4) is 5.75 Å². The summed E-state index contributed by atoms with van der Waals surface area (Å²) in [5, 5.41) is 2.92. The fourth-order valence-corrected chi connectivity index (χ4v) is 4.16. The zero-order chi connectivity index (χ0) is 21.1. The predicted molar refractivity (Wildman–Crippen MR) is 112 cm³/mol. The summed E-state index contributed by atoms with van der Waals surface area (Å²) >= 11 is 0. The molecule has 0 aromatic heterocycles. The number of nitrogens with one attached hydrogen (secondary N) is 1. The molecular formula is C21H28N2O4S. The first kappa shape index (κ1) is 21.8. The van der Waals surface area contributed by atoms with Crippen LogP contribution in [0.4, 0.5) is 5.69 Å². The van der Waals surface area contributed by atoms with Gasteiger partial charge in [0.25, 0.3) is 0 Å². The average Bonchev–Trinajstić information content (AvgIpc) is 2.63. The highest BCUT2D eigenvalue weighted by Crippen LogP contribution is 2.24. The van der Waals surface area contributed by atoms with Crippen LogP contribution in [0.5, 0.6) is 5.75 Å². The molecule has 152 valence electrons. The molecule has 6 nitrogen and oxygen atoms in total. The van der Waals surface area contributed by atoms with Crippen LogP contribution in [-0.4, -0.2) is 33.7 Å². The van der Waals surface area contributed by atoms with Crippen LogP contribution in [0.15, 0.2) is 42.5 Å². The van der Waals surface area contributed by atoms with Gasteiger partial charge in [0.15, 0.2) is 0 Å². The number of carbonyl (C=O) groups excluding carboxylic acids is 1. The molecule has 0 bridgehead atoms. The largest absolute Gasteiger partial charge is 0.497 e. The van der Waals surface area contributed by atoms with E-state index in [1.165, 1.54) is 12.7 Å². The van der Waals surface area contributed by atoms with Crippen LogP contribution in [0.2, 0.25) is 0 Å². The second-order valence-electron chi connectivity index (χ2n) is 7.01. The molecule has 2 atom stereocenters. The van der Waals surface area contributed by atoms with Crippen molar-refractivity contribution in [1.82, 2.24) is 5.32 Å². The normalized spacial score (nSPS) is 13.5. The Balaban J connectivity index is 2.24. The summed E-state index contributed by atoms with van der Waals surface area (Å²) in [7, 11) is -2.13. The van der Waals surface area contributed by atoms with Crippen molar-refractivity contribution >= 4 is 21.6 Å². The van der Waals surface area contributed by atoms with E-state index in [1.54, 1.807) is 31.2 Å². The van der Waals surface area contributed by atoms with E-state index < -0.39 is 16.1 Å². The van der Waals surface area contributed by atoms with Crippen molar-refractivity contribution < 1.29 is 17.9 Å². The van der Waals surface area contributed by atoms with E-state index in [9.17, 15) is 13.2 Å². The minimum atomic E-state index is -3.66. The summed E-state index contributed by atoms with van der Waals surface area (Å²) in [6, 6.07) is 11.4. The molecule has 0 heterocycles. The van der Waals surface area contributed by atoms with Crippen molar-refractivity contribution in [3.05, 3.63) is 59.2 Å². The Morgan fingerprint density at radius 3 is 2.14 bits per heavy atom. The Morgan fingerprint density at radius 1 is 1.04 bits per heavy atom. The van der Waals surface area contributed by atoms with E-state index in [2.05, 4.69) is 5.32 Å². The molecule has 0 aliphatic heterocycles. The van der Waals surface area contributed by atoms with Gasteiger partial charge in [0, 0.05) is 0 Å². The Kier molecular flexibility index (Phi) is 6.72. The average molecular weight is 405 g/mol. The van der Waals surface area contributed by atoms with E-state index in [0.29, 0.717) is 11.4 Å². The Bertz CT molecular complexity index is 939. The fraction of sp³-hybridized carbons (Fsp3) is 0.381. The van der Waals surface area contributed by atoms with Gasteiger partial charge in [-0.2, -0.15) is 0 Å². The van der Waals surface area contributed by atoms with Gasteiger partial charge in [0.1, 0.15) is 11.8 Å². The second-order valence-corrected chi connectivity index (χ2v) is 8.87. The number of hydrogen-bond donors (Lipinski definition) is 1. The molecule has 2 rings (SSSR count). The van der Waals surface area contributed by atoms with Gasteiger partial charge >= 0.3 is 0 Å². The van der Waals surface area contributed by atoms with E-state index in [-0.39, 0.29) is 11.9 Å². The smallest absolute Gasteiger partial charge is 0.244 e. The predicted octanol–water partition coefficient (Wildman–Crippen LogP) is 3.34. The van der Waals surface area contributed by atoms with Crippen LogP contribution in [0.3, 0.4) is 0 Å². The number of carbonyl (C=O) groups is 1. The van der Waals surface area contributed by atoms with Gasteiger partial charge in [-0.3, -0.25) is 9.10 Å². The number of nitrogens with zero attached hydrogens (tertiary/aromatic N) is 1. The summed E-state index contributed by atoms with van der Waals surface area (Å²) in [6.45, 7) is 7.51. The lowest BCUT2D eigenvalue weighted by atomic mass is 10.0. The monoisotopic (exact) mass is 404 g/mol. The van der Waals surface area contributed by atoms with E-state index in [0.717, 1.165) is 21.7 Å². The first-order valence-corrected chi connectivity index (χ1v) is 10.9. The molecule has 28 heavy (non-hydrogen) atoms. The zero-order valence-electron chi connectivity index (χ0n) is 17.2. The van der Waals surface area contributed by atoms with Gasteiger partial charge in [-0.15, -0.1) is 0 Å². The first-order chi connectivity index (χ1) is 13.0. The molecule has 0 aliphatic carbocycles. The summed E-state index contributed by atoms with van der Waals surface area (Å²) in [5.74, 6) is 0.240. The maximum Gasteiger partial charge on any atom is 0.244 e. The number of benzene rings is 2. The number of ether oxygens (including phenoxy) is 1. The molecule has 2 aromatic rings. The number of rotatable bonds is 7. The molecule has 1 amide bonds. The van der Waals surface area contributed by atoms with Crippen molar-refractivity contribution in [2.24, 2.45) is 0 Å². The van der Waals surface area contributed by atoms with Gasteiger partial charge in [0.05, 0.1) is 25.1 Å². The Labute approximate surface area is 167 Å². The number of sulfonamides is 1. The number of aryl methyl sites for hydroxylation is 2. The maximum absolute atomic E-state index is 12.8. The molecule has 0 fully saturated rings. The molecule has 2 aromatic carbocycles. The highest BCUT2D eigenvalue weighted by molar-refractivity contribution is 7.92. The summed E-state index contributed by atoms with van der Waals surface area (Å²) in [4.78, 5) is 12.8. The Morgan fingerprint density at radius 2 is 1.64 bits per heavy atom. The minimum Gasteiger partial charge on any atom is -0.497 e. The number of anilines is 1. The van der Waals surface area contributed by atoms with E-state index >= 15 is 0 Å². The molecule has 0 radical (unpaired) electrons. The maximum atomic E-state index is 12.8. The molecule has 0 unspecified atom stereocenters. The van der Waals surface area contributed by atoms with Crippen molar-refractivity contribution in [2.45, 2.75) is 39.8 Å². The van der Waals surface area contributed by atoms with Gasteiger partial charge in [0.2, 0.25) is 15.9 Å².